The number of rotatable bonds is 15. The topological polar surface area (TPSA) is 230 Å². The van der Waals surface area contributed by atoms with E-state index in [4.69, 9.17) is 23.0 Å². The Kier molecular flexibility index (Phi) is 17.9. The van der Waals surface area contributed by atoms with Crippen LogP contribution in [-0.2, 0) is 38.5 Å². The van der Waals surface area contributed by atoms with Gasteiger partial charge in [-0.05, 0) is 133 Å². The summed E-state index contributed by atoms with van der Waals surface area (Å²) in [5.74, 6) is -3.18. The normalized spacial score (nSPS) is 10.9. The fourth-order valence-electron chi connectivity index (χ4n) is 8.55. The summed E-state index contributed by atoms with van der Waals surface area (Å²) in [6, 6.07) is 0. The highest BCUT2D eigenvalue weighted by molar-refractivity contribution is 6.03. The largest absolute Gasteiger partial charge is 0.504 e. The van der Waals surface area contributed by atoms with E-state index in [9.17, 15) is 45.3 Å². The predicted molar refractivity (Wildman–Crippen MR) is 290 cm³/mol. The molecule has 0 aliphatic heterocycles. The minimum Gasteiger partial charge on any atom is -0.504 e. The molecule has 4 aromatic carbocycles. The summed E-state index contributed by atoms with van der Waals surface area (Å²) in [6.45, 7) is 23.1. The lowest BCUT2D eigenvalue weighted by Gasteiger charge is -2.19. The van der Waals surface area contributed by atoms with E-state index in [1.807, 2.05) is 120 Å². The number of aromatic hydroxyl groups is 7. The smallest absolute Gasteiger partial charge is 0.204 e. The van der Waals surface area contributed by atoms with Gasteiger partial charge in [0.2, 0.25) is 33.9 Å². The molecule has 2 aromatic heterocycles. The minimum absolute atomic E-state index is 0.0254. The van der Waals surface area contributed by atoms with Crippen LogP contribution < -0.4 is 25.1 Å². The Bertz CT molecular complexity index is 3450. The standard InChI is InChI=1S/C30H36O7.C29H34O7/c1-15(2)9-12-18-19(13-10-16(3)4)23(31)26(34)29-21(18)24(32)22-25(33)30(36-8)28(35-7)20(27(22)37-29)14-11-17(5)6;1-14(2)8-11-17-18(12-9-15(3)4)22(30)25(33)29-20(17)23(31)21-24(32)26(34)28(35-7)19(27(21)36-29)13-10-16(5)6/h9-11,31,33-34H,12-14H2,1-8H3;8-10,30,32-34H,11-13H2,1-7H3. The summed E-state index contributed by atoms with van der Waals surface area (Å²) < 4.78 is 28.6. The van der Waals surface area contributed by atoms with Crippen molar-refractivity contribution in [2.75, 3.05) is 21.3 Å². The number of methoxy groups -OCH3 is 3. The Morgan fingerprint density at radius 2 is 0.616 bits per heavy atom. The quantitative estimate of drug-likeness (QED) is 0.0288. The fourth-order valence-corrected chi connectivity index (χ4v) is 8.55. The lowest BCUT2D eigenvalue weighted by molar-refractivity contribution is 0.332. The van der Waals surface area contributed by atoms with E-state index >= 15 is 0 Å². The van der Waals surface area contributed by atoms with Crippen molar-refractivity contribution in [1.82, 2.24) is 0 Å². The van der Waals surface area contributed by atoms with Crippen LogP contribution in [0.3, 0.4) is 0 Å². The number of benzene rings is 4. The van der Waals surface area contributed by atoms with Crippen LogP contribution in [0.2, 0.25) is 0 Å². The zero-order chi connectivity index (χ0) is 54.5. The molecule has 0 radical (unpaired) electrons. The van der Waals surface area contributed by atoms with Gasteiger partial charge in [-0.25, -0.2) is 0 Å². The first-order chi connectivity index (χ1) is 34.3. The predicted octanol–water partition coefficient (Wildman–Crippen LogP) is 12.9. The van der Waals surface area contributed by atoms with E-state index in [0.717, 1.165) is 33.4 Å². The SMILES string of the molecule is COc1c(O)c(O)c2c(=O)c3c(CC=C(C)C)c(CC=C(C)C)c(O)c(O)c3oc2c1CC=C(C)C.COc1c(OC)c(O)c2c(=O)c3c(CC=C(C)C)c(CC=C(C)C)c(O)c(O)c3oc2c1CC=C(C)C. The van der Waals surface area contributed by atoms with Crippen molar-refractivity contribution < 1.29 is 58.8 Å². The molecule has 0 atom stereocenters. The highest BCUT2D eigenvalue weighted by atomic mass is 16.5. The van der Waals surface area contributed by atoms with Crippen molar-refractivity contribution in [3.05, 3.63) is 124 Å². The first kappa shape index (κ1) is 56.2. The third-order valence-corrected chi connectivity index (χ3v) is 12.3. The molecule has 0 aliphatic carbocycles. The van der Waals surface area contributed by atoms with Crippen molar-refractivity contribution in [2.45, 2.75) is 122 Å². The lowest BCUT2D eigenvalue weighted by atomic mass is 9.92. The average molecular weight is 1000 g/mol. The highest BCUT2D eigenvalue weighted by Gasteiger charge is 2.31. The molecule has 0 bridgehead atoms. The third-order valence-electron chi connectivity index (χ3n) is 12.3. The molecule has 0 spiro atoms. The zero-order valence-electron chi connectivity index (χ0n) is 44.7. The number of allylic oxidation sites excluding steroid dienone is 12. The van der Waals surface area contributed by atoms with Gasteiger partial charge in [0.05, 0.1) is 32.1 Å². The van der Waals surface area contributed by atoms with Crippen molar-refractivity contribution in [1.29, 1.82) is 0 Å². The molecule has 0 amide bonds. The summed E-state index contributed by atoms with van der Waals surface area (Å²) >= 11 is 0. The second kappa shape index (κ2) is 23.2. The molecule has 0 fully saturated rings. The summed E-state index contributed by atoms with van der Waals surface area (Å²) in [7, 11) is 4.16. The Morgan fingerprint density at radius 1 is 0.329 bits per heavy atom. The van der Waals surface area contributed by atoms with Crippen LogP contribution in [-0.4, -0.2) is 57.1 Å². The molecule has 6 aromatic rings. The Hall–Kier alpha value is -7.74. The van der Waals surface area contributed by atoms with Crippen LogP contribution in [0.15, 0.2) is 88.3 Å². The van der Waals surface area contributed by atoms with Crippen molar-refractivity contribution in [3.63, 3.8) is 0 Å². The molecule has 2 heterocycles. The van der Waals surface area contributed by atoms with Gasteiger partial charge in [0.25, 0.3) is 0 Å². The summed E-state index contributed by atoms with van der Waals surface area (Å²) in [6.07, 6.45) is 13.2. The van der Waals surface area contributed by atoms with Crippen LogP contribution in [0, 0.1) is 0 Å². The summed E-state index contributed by atoms with van der Waals surface area (Å²) in [5.41, 5.74) is 7.27. The van der Waals surface area contributed by atoms with Gasteiger partial charge in [-0.1, -0.05) is 69.9 Å². The molecule has 73 heavy (non-hydrogen) atoms. The Balaban J connectivity index is 0.000000271. The number of fused-ring (bicyclic) bond motifs is 4. The maximum atomic E-state index is 14.1. The van der Waals surface area contributed by atoms with Gasteiger partial charge in [0, 0.05) is 22.3 Å². The summed E-state index contributed by atoms with van der Waals surface area (Å²) in [4.78, 5) is 28.1. The highest BCUT2D eigenvalue weighted by Crippen LogP contribution is 2.50. The molecule has 0 aliphatic rings. The average Bonchev–Trinajstić information content (AvgIpc) is 3.32. The number of hydrogen-bond donors (Lipinski definition) is 7. The molecule has 0 unspecified atom stereocenters. The fraction of sp³-hybridized carbons (Fsp3) is 0.356. The maximum Gasteiger partial charge on any atom is 0.204 e. The number of phenolic OH excluding ortho intramolecular Hbond substituents is 7. The van der Waals surface area contributed by atoms with Gasteiger partial charge < -0.3 is 58.8 Å². The molecule has 14 nitrogen and oxygen atoms in total. The Labute approximate surface area is 425 Å². The molecular formula is C59H70O14. The Morgan fingerprint density at radius 3 is 0.932 bits per heavy atom. The first-order valence-electron chi connectivity index (χ1n) is 23.9. The lowest BCUT2D eigenvalue weighted by Crippen LogP contribution is -2.10. The van der Waals surface area contributed by atoms with Gasteiger partial charge in [-0.3, -0.25) is 9.59 Å². The van der Waals surface area contributed by atoms with Gasteiger partial charge in [0.1, 0.15) is 21.9 Å². The number of phenols is 7. The number of ether oxygens (including phenoxy) is 3. The molecule has 390 valence electrons. The molecule has 14 heteroatoms. The molecule has 0 saturated carbocycles. The summed E-state index contributed by atoms with van der Waals surface area (Å²) in [5, 5.41) is 76.6. The van der Waals surface area contributed by atoms with Gasteiger partial charge in [-0.2, -0.15) is 0 Å². The third kappa shape index (κ3) is 11.3. The van der Waals surface area contributed by atoms with Gasteiger partial charge in [-0.15, -0.1) is 0 Å². The van der Waals surface area contributed by atoms with E-state index in [1.165, 1.54) is 21.3 Å². The molecule has 6 rings (SSSR count). The number of hydrogen-bond acceptors (Lipinski definition) is 14. The van der Waals surface area contributed by atoms with Crippen LogP contribution in [0.4, 0.5) is 0 Å². The molecule has 0 saturated heterocycles. The molecule has 7 N–H and O–H groups in total. The van der Waals surface area contributed by atoms with E-state index in [2.05, 4.69) is 0 Å². The van der Waals surface area contributed by atoms with E-state index in [0.29, 0.717) is 59.1 Å². The maximum absolute atomic E-state index is 14.1. The van der Waals surface area contributed by atoms with Gasteiger partial charge in [0.15, 0.2) is 45.7 Å². The second-order valence-electron chi connectivity index (χ2n) is 19.5. The van der Waals surface area contributed by atoms with Crippen molar-refractivity contribution in [2.24, 2.45) is 0 Å². The van der Waals surface area contributed by atoms with Crippen molar-refractivity contribution >= 4 is 43.9 Å². The van der Waals surface area contributed by atoms with Crippen LogP contribution >= 0.6 is 0 Å². The van der Waals surface area contributed by atoms with Crippen LogP contribution in [0.1, 0.15) is 116 Å². The van der Waals surface area contributed by atoms with E-state index < -0.39 is 39.6 Å². The van der Waals surface area contributed by atoms with E-state index in [-0.39, 0.29) is 85.5 Å². The minimum atomic E-state index is -0.662. The van der Waals surface area contributed by atoms with Crippen LogP contribution in [0.5, 0.6) is 57.5 Å². The van der Waals surface area contributed by atoms with Gasteiger partial charge >= 0.3 is 0 Å². The van der Waals surface area contributed by atoms with Crippen molar-refractivity contribution in [3.8, 4) is 57.5 Å². The second-order valence-corrected chi connectivity index (χ2v) is 19.5. The first-order valence-corrected chi connectivity index (χ1v) is 23.9. The zero-order valence-corrected chi connectivity index (χ0v) is 44.7. The van der Waals surface area contributed by atoms with E-state index in [1.54, 1.807) is 0 Å². The monoisotopic (exact) mass is 1000 g/mol. The van der Waals surface area contributed by atoms with Crippen LogP contribution in [0.25, 0.3) is 43.9 Å². The molecular weight excluding hydrogens is 933 g/mol.